The minimum Gasteiger partial charge on any atom is -0.472 e. The first-order valence-corrected chi connectivity index (χ1v) is 10.6. The molecule has 0 aliphatic carbocycles. The first kappa shape index (κ1) is 19.4. The van der Waals surface area contributed by atoms with Gasteiger partial charge in [-0.1, -0.05) is 13.8 Å². The van der Waals surface area contributed by atoms with E-state index in [1.54, 1.807) is 6.26 Å². The zero-order valence-electron chi connectivity index (χ0n) is 17.2. The lowest BCUT2D eigenvalue weighted by Gasteiger charge is -2.20. The van der Waals surface area contributed by atoms with Gasteiger partial charge in [-0.05, 0) is 90.5 Å². The van der Waals surface area contributed by atoms with E-state index < -0.39 is 0 Å². The number of rotatable bonds is 9. The Morgan fingerprint density at radius 2 is 1.66 bits per heavy atom. The van der Waals surface area contributed by atoms with Crippen LogP contribution >= 0.6 is 0 Å². The van der Waals surface area contributed by atoms with Crippen molar-refractivity contribution in [2.45, 2.75) is 57.3 Å². The fourth-order valence-corrected chi connectivity index (χ4v) is 4.14. The summed E-state index contributed by atoms with van der Waals surface area (Å²) < 4.78 is 5.40. The Balaban J connectivity index is 1.39. The van der Waals surface area contributed by atoms with Crippen molar-refractivity contribution in [3.8, 4) is 0 Å². The van der Waals surface area contributed by atoms with E-state index >= 15 is 0 Å². The molecule has 4 aromatic heterocycles. The van der Waals surface area contributed by atoms with Crippen LogP contribution in [-0.2, 0) is 0 Å². The van der Waals surface area contributed by atoms with Crippen LogP contribution in [0.25, 0.3) is 11.0 Å². The maximum absolute atomic E-state index is 5.40. The van der Waals surface area contributed by atoms with Gasteiger partial charge < -0.3 is 9.40 Å². The van der Waals surface area contributed by atoms with E-state index in [4.69, 9.17) is 4.42 Å². The Bertz CT molecular complexity index is 1010. The number of pyridine rings is 2. The summed E-state index contributed by atoms with van der Waals surface area (Å²) in [7, 11) is 0. The number of nitrogens with zero attached hydrogens (tertiary/aromatic N) is 2. The van der Waals surface area contributed by atoms with Crippen LogP contribution in [-0.4, -0.2) is 15.0 Å². The summed E-state index contributed by atoms with van der Waals surface area (Å²) in [5.41, 5.74) is 4.96. The number of furan rings is 1. The van der Waals surface area contributed by atoms with Gasteiger partial charge in [0.2, 0.25) is 0 Å². The fraction of sp³-hybridized carbons (Fsp3) is 0.360. The van der Waals surface area contributed by atoms with Crippen LogP contribution in [0.1, 0.15) is 74.0 Å². The summed E-state index contributed by atoms with van der Waals surface area (Å²) in [4.78, 5) is 11.9. The molecule has 4 heteroatoms. The average Bonchev–Trinajstić information content (AvgIpc) is 3.45. The molecule has 0 aliphatic heterocycles. The highest BCUT2D eigenvalue weighted by atomic mass is 16.3. The molecule has 3 unspecified atom stereocenters. The summed E-state index contributed by atoms with van der Waals surface area (Å²) in [6.45, 7) is 4.61. The van der Waals surface area contributed by atoms with Crippen molar-refractivity contribution in [3.05, 3.63) is 84.3 Å². The predicted octanol–water partition coefficient (Wildman–Crippen LogP) is 6.80. The van der Waals surface area contributed by atoms with Gasteiger partial charge >= 0.3 is 0 Å². The molecule has 0 aliphatic rings. The molecule has 4 nitrogen and oxygen atoms in total. The van der Waals surface area contributed by atoms with Crippen molar-refractivity contribution in [2.24, 2.45) is 0 Å². The Morgan fingerprint density at radius 3 is 2.38 bits per heavy atom. The van der Waals surface area contributed by atoms with Gasteiger partial charge in [0.1, 0.15) is 5.65 Å². The molecule has 3 atom stereocenters. The van der Waals surface area contributed by atoms with Crippen molar-refractivity contribution in [3.63, 3.8) is 0 Å². The van der Waals surface area contributed by atoms with E-state index in [1.807, 2.05) is 31.1 Å². The van der Waals surface area contributed by atoms with Crippen LogP contribution in [0.15, 0.2) is 72.1 Å². The topological polar surface area (TPSA) is 54.7 Å². The van der Waals surface area contributed by atoms with E-state index in [-0.39, 0.29) is 0 Å². The predicted molar refractivity (Wildman–Crippen MR) is 117 cm³/mol. The number of fused-ring (bicyclic) bond motifs is 1. The monoisotopic (exact) mass is 387 g/mol. The maximum Gasteiger partial charge on any atom is 0.137 e. The van der Waals surface area contributed by atoms with Crippen molar-refractivity contribution in [1.82, 2.24) is 15.0 Å². The molecule has 4 rings (SSSR count). The summed E-state index contributed by atoms with van der Waals surface area (Å²) in [6, 6.07) is 10.7. The minimum absolute atomic E-state index is 0.480. The highest BCUT2D eigenvalue weighted by Crippen LogP contribution is 2.34. The molecule has 4 heterocycles. The van der Waals surface area contributed by atoms with E-state index in [0.717, 1.165) is 31.3 Å². The van der Waals surface area contributed by atoms with Crippen LogP contribution in [0.3, 0.4) is 0 Å². The molecule has 29 heavy (non-hydrogen) atoms. The number of hydrogen-bond acceptors (Lipinski definition) is 3. The summed E-state index contributed by atoms with van der Waals surface area (Å²) >= 11 is 0. The van der Waals surface area contributed by atoms with Crippen molar-refractivity contribution in [1.29, 1.82) is 0 Å². The molecule has 0 fully saturated rings. The first-order chi connectivity index (χ1) is 14.2. The van der Waals surface area contributed by atoms with E-state index in [1.165, 1.54) is 22.1 Å². The normalized spacial score (nSPS) is 14.7. The van der Waals surface area contributed by atoms with E-state index in [9.17, 15) is 0 Å². The van der Waals surface area contributed by atoms with Gasteiger partial charge in [0.15, 0.2) is 0 Å². The Hall–Kier alpha value is -2.88. The second-order valence-electron chi connectivity index (χ2n) is 8.18. The van der Waals surface area contributed by atoms with Crippen LogP contribution in [0.5, 0.6) is 0 Å². The third-order valence-electron chi connectivity index (χ3n) is 6.18. The Labute approximate surface area is 172 Å². The standard InChI is InChI=1S/C25H29N3O/c1-18(20-7-11-26-12-8-20)3-5-21(23-10-14-29-17-23)6-4-19(2)24-15-22-9-13-27-25(22)28-16-24/h7-19,21H,3-6H2,1-2H3,(H,27,28). The van der Waals surface area contributed by atoms with E-state index in [0.29, 0.717) is 17.8 Å². The minimum atomic E-state index is 0.480. The van der Waals surface area contributed by atoms with Crippen LogP contribution in [0.2, 0.25) is 0 Å². The lowest BCUT2D eigenvalue weighted by atomic mass is 9.84. The summed E-state index contributed by atoms with van der Waals surface area (Å²) in [6.07, 6.45) is 16.0. The molecule has 1 N–H and O–H groups in total. The highest BCUT2D eigenvalue weighted by Gasteiger charge is 2.18. The molecule has 0 spiro atoms. The zero-order chi connectivity index (χ0) is 20.1. The van der Waals surface area contributed by atoms with Gasteiger partial charge in [0, 0.05) is 30.2 Å². The van der Waals surface area contributed by atoms with Gasteiger partial charge in [-0.2, -0.15) is 0 Å². The van der Waals surface area contributed by atoms with Crippen LogP contribution in [0, 0.1) is 0 Å². The third-order valence-corrected chi connectivity index (χ3v) is 6.18. The fourth-order valence-electron chi connectivity index (χ4n) is 4.14. The van der Waals surface area contributed by atoms with E-state index in [2.05, 4.69) is 59.1 Å². The molecule has 0 saturated carbocycles. The van der Waals surface area contributed by atoms with Crippen molar-refractivity contribution < 1.29 is 4.42 Å². The van der Waals surface area contributed by atoms with Gasteiger partial charge in [0.05, 0.1) is 12.5 Å². The second-order valence-corrected chi connectivity index (χ2v) is 8.18. The quantitative estimate of drug-likeness (QED) is 0.343. The zero-order valence-corrected chi connectivity index (χ0v) is 17.2. The molecule has 0 amide bonds. The Morgan fingerprint density at radius 1 is 0.897 bits per heavy atom. The van der Waals surface area contributed by atoms with Crippen molar-refractivity contribution in [2.75, 3.05) is 0 Å². The number of aromatic amines is 1. The van der Waals surface area contributed by atoms with Gasteiger partial charge in [-0.25, -0.2) is 4.98 Å². The van der Waals surface area contributed by atoms with Gasteiger partial charge in [-0.15, -0.1) is 0 Å². The second kappa shape index (κ2) is 9.08. The molecular weight excluding hydrogens is 358 g/mol. The number of nitrogens with one attached hydrogen (secondary N) is 1. The molecule has 0 aromatic carbocycles. The maximum atomic E-state index is 5.40. The average molecular weight is 388 g/mol. The number of H-pyrrole nitrogens is 1. The molecule has 0 radical (unpaired) electrons. The lowest BCUT2D eigenvalue weighted by Crippen LogP contribution is -2.04. The highest BCUT2D eigenvalue weighted by molar-refractivity contribution is 5.75. The van der Waals surface area contributed by atoms with Crippen molar-refractivity contribution >= 4 is 11.0 Å². The largest absolute Gasteiger partial charge is 0.472 e. The van der Waals surface area contributed by atoms with Crippen LogP contribution in [0.4, 0.5) is 0 Å². The molecule has 4 aromatic rings. The molecule has 0 saturated heterocycles. The third kappa shape index (κ3) is 4.76. The summed E-state index contributed by atoms with van der Waals surface area (Å²) in [5, 5.41) is 1.19. The lowest BCUT2D eigenvalue weighted by molar-refractivity contribution is 0.478. The first-order valence-electron chi connectivity index (χ1n) is 10.6. The Kier molecular flexibility index (Phi) is 6.09. The SMILES string of the molecule is CC(CCC(CCC(C)c1cnc2[nH]ccc2c1)c1ccoc1)c1ccncc1. The molecule has 150 valence electrons. The number of hydrogen-bond donors (Lipinski definition) is 1. The van der Waals surface area contributed by atoms with Gasteiger partial charge in [-0.3, -0.25) is 4.98 Å². The molecule has 0 bridgehead atoms. The molecular formula is C25H29N3O. The smallest absolute Gasteiger partial charge is 0.137 e. The van der Waals surface area contributed by atoms with Crippen LogP contribution < -0.4 is 0 Å². The summed E-state index contributed by atoms with van der Waals surface area (Å²) in [5.74, 6) is 1.53. The number of aromatic nitrogens is 3. The van der Waals surface area contributed by atoms with Gasteiger partial charge in [0.25, 0.3) is 0 Å².